The number of hydrogen-bond donors (Lipinski definition) is 0. The first kappa shape index (κ1) is 34.1. The average Bonchev–Trinajstić information content (AvgIpc) is 3.12. The minimum Gasteiger partial charge on any atom is -0.439 e. The van der Waals surface area contributed by atoms with Crippen LogP contribution in [0.5, 0.6) is 23.3 Å². The van der Waals surface area contributed by atoms with Gasteiger partial charge in [-0.1, -0.05) is 95.3 Å². The Kier molecular flexibility index (Phi) is 11.5. The van der Waals surface area contributed by atoms with E-state index < -0.39 is 0 Å². The first-order valence-electron chi connectivity index (χ1n) is 16.6. The van der Waals surface area contributed by atoms with Crippen molar-refractivity contribution < 1.29 is 14.2 Å². The van der Waals surface area contributed by atoms with Gasteiger partial charge in [0.2, 0.25) is 11.8 Å². The van der Waals surface area contributed by atoms with Gasteiger partial charge in [-0.15, -0.1) is 0 Å². The van der Waals surface area contributed by atoms with Gasteiger partial charge in [-0.3, -0.25) is 0 Å². The van der Waals surface area contributed by atoms with Gasteiger partial charge in [0.15, 0.2) is 0 Å². The minimum absolute atomic E-state index is 0.300. The van der Waals surface area contributed by atoms with Crippen LogP contribution in [0.1, 0.15) is 45.8 Å². The van der Waals surface area contributed by atoms with E-state index in [0.29, 0.717) is 30.8 Å². The number of hydrogen-bond acceptors (Lipinski definition) is 5. The van der Waals surface area contributed by atoms with Crippen molar-refractivity contribution in [2.24, 2.45) is 0 Å². The van der Waals surface area contributed by atoms with Crippen molar-refractivity contribution in [3.8, 4) is 23.3 Å². The molecule has 0 spiro atoms. The Hall–Kier alpha value is -4.83. The van der Waals surface area contributed by atoms with E-state index in [0.717, 1.165) is 35.0 Å². The topological polar surface area (TPSA) is 53.5 Å². The molecule has 0 N–H and O–H groups in total. The molecule has 0 bridgehead atoms. The molecule has 4 radical (unpaired) electrons. The van der Waals surface area contributed by atoms with Gasteiger partial charge in [-0.05, 0) is 98.4 Å². The Morgan fingerprint density at radius 3 is 1.31 bits per heavy atom. The second-order valence-electron chi connectivity index (χ2n) is 12.0. The van der Waals surface area contributed by atoms with Crippen molar-refractivity contribution >= 4 is 29.4 Å². The maximum Gasteiger partial charge on any atom is 0.219 e. The lowest BCUT2D eigenvalue weighted by atomic mass is 10.1. The zero-order valence-corrected chi connectivity index (χ0v) is 30.4. The van der Waals surface area contributed by atoms with Crippen LogP contribution in [0.25, 0.3) is 0 Å². The summed E-state index contributed by atoms with van der Waals surface area (Å²) in [5.74, 6) is 2.57. The molecule has 0 saturated carbocycles. The maximum atomic E-state index is 7.19. The Morgan fingerprint density at radius 1 is 0.469 bits per heavy atom. The molecule has 4 aromatic carbocycles. The largest absolute Gasteiger partial charge is 0.439 e. The fourth-order valence-electron chi connectivity index (χ4n) is 5.49. The molecule has 244 valence electrons. The summed E-state index contributed by atoms with van der Waals surface area (Å²) in [6, 6.07) is 46.0. The molecule has 49 heavy (non-hydrogen) atoms. The van der Waals surface area contributed by atoms with E-state index in [1.807, 2.05) is 97.1 Å². The predicted octanol–water partition coefficient (Wildman–Crippen LogP) is 8.99. The molecule has 0 aliphatic heterocycles. The summed E-state index contributed by atoms with van der Waals surface area (Å²) in [6.45, 7) is 8.75. The van der Waals surface area contributed by atoms with Gasteiger partial charge in [0, 0.05) is 12.1 Å². The van der Waals surface area contributed by atoms with E-state index in [4.69, 9.17) is 24.2 Å². The fraction of sp³-hybridized carbons (Fsp3) is 0.190. The molecule has 2 unspecified atom stereocenters. The third-order valence-electron chi connectivity index (χ3n) is 8.57. The lowest BCUT2D eigenvalue weighted by molar-refractivity contribution is 0.00129. The zero-order valence-electron chi connectivity index (χ0n) is 28.4. The molecule has 2 heterocycles. The normalized spacial score (nSPS) is 12.3. The fourth-order valence-corrected chi connectivity index (χ4v) is 8.26. The number of rotatable bonds is 14. The number of aromatic nitrogens is 2. The lowest BCUT2D eigenvalue weighted by Crippen LogP contribution is -2.25. The summed E-state index contributed by atoms with van der Waals surface area (Å²) < 4.78 is 19.5. The number of nitrogens with zero attached hydrogens (tertiary/aromatic N) is 2. The van der Waals surface area contributed by atoms with Gasteiger partial charge < -0.3 is 14.2 Å². The summed E-state index contributed by atoms with van der Waals surface area (Å²) in [6.07, 6.45) is -0.599. The van der Waals surface area contributed by atoms with Crippen LogP contribution in [0.15, 0.2) is 133 Å². The second kappa shape index (κ2) is 16.5. The maximum absolute atomic E-state index is 7.19. The van der Waals surface area contributed by atoms with Gasteiger partial charge in [0.25, 0.3) is 0 Å². The monoisotopic (exact) mass is 676 g/mol. The SMILES string of the molecule is Cc1cccc([Si]CC(OC(C[Si]c2cccc(C)c2C)c2cccc(Oc3ccccc3)n2)c2cccc(Oc3ccccc3)n2)c1C. The first-order chi connectivity index (χ1) is 23.9. The van der Waals surface area contributed by atoms with E-state index in [9.17, 15) is 0 Å². The summed E-state index contributed by atoms with van der Waals surface area (Å²) in [5.41, 5.74) is 6.92. The smallest absolute Gasteiger partial charge is 0.219 e. The van der Waals surface area contributed by atoms with Gasteiger partial charge in [0.1, 0.15) is 11.5 Å². The molecule has 0 aliphatic rings. The number of pyridine rings is 2. The quantitative estimate of drug-likeness (QED) is 0.108. The molecule has 6 aromatic rings. The van der Waals surface area contributed by atoms with Crippen LogP contribution in [0.2, 0.25) is 12.1 Å². The molecular formula is C42H40N2O3Si2. The molecule has 5 nitrogen and oxygen atoms in total. The van der Waals surface area contributed by atoms with Gasteiger partial charge in [-0.25, -0.2) is 9.97 Å². The average molecular weight is 677 g/mol. The highest BCUT2D eigenvalue weighted by atomic mass is 28.2. The third-order valence-corrected chi connectivity index (χ3v) is 11.6. The van der Waals surface area contributed by atoms with Crippen molar-refractivity contribution in [3.63, 3.8) is 0 Å². The van der Waals surface area contributed by atoms with Crippen molar-refractivity contribution in [2.45, 2.75) is 52.0 Å². The van der Waals surface area contributed by atoms with E-state index >= 15 is 0 Å². The Morgan fingerprint density at radius 2 is 0.878 bits per heavy atom. The Bertz CT molecular complexity index is 1830. The minimum atomic E-state index is -0.300. The molecule has 0 aliphatic carbocycles. The third kappa shape index (κ3) is 9.20. The van der Waals surface area contributed by atoms with Crippen molar-refractivity contribution in [1.29, 1.82) is 0 Å². The van der Waals surface area contributed by atoms with Crippen LogP contribution in [-0.4, -0.2) is 29.0 Å². The molecule has 0 amide bonds. The van der Waals surface area contributed by atoms with Crippen LogP contribution in [-0.2, 0) is 4.74 Å². The number of benzene rings is 4. The molecule has 2 atom stereocenters. The van der Waals surface area contributed by atoms with Crippen molar-refractivity contribution in [2.75, 3.05) is 0 Å². The summed E-state index contributed by atoms with van der Waals surface area (Å²) in [7, 11) is 1.07. The van der Waals surface area contributed by atoms with Gasteiger partial charge in [0.05, 0.1) is 42.6 Å². The molecule has 7 heteroatoms. The van der Waals surface area contributed by atoms with Crippen LogP contribution < -0.4 is 19.8 Å². The highest BCUT2D eigenvalue weighted by Crippen LogP contribution is 2.33. The van der Waals surface area contributed by atoms with Crippen molar-refractivity contribution in [1.82, 2.24) is 9.97 Å². The Labute approximate surface area is 295 Å². The summed E-state index contributed by atoms with van der Waals surface area (Å²) >= 11 is 0. The predicted molar refractivity (Wildman–Crippen MR) is 200 cm³/mol. The van der Waals surface area contributed by atoms with E-state index in [2.05, 4.69) is 64.1 Å². The highest BCUT2D eigenvalue weighted by Gasteiger charge is 2.25. The Balaban J connectivity index is 1.34. The van der Waals surface area contributed by atoms with Crippen LogP contribution in [0, 0.1) is 27.7 Å². The lowest BCUT2D eigenvalue weighted by Gasteiger charge is -2.26. The van der Waals surface area contributed by atoms with E-state index in [1.54, 1.807) is 0 Å². The molecule has 0 saturated heterocycles. The zero-order chi connectivity index (χ0) is 34.0. The highest BCUT2D eigenvalue weighted by molar-refractivity contribution is 6.54. The second-order valence-corrected chi connectivity index (χ2v) is 14.6. The van der Waals surface area contributed by atoms with Crippen LogP contribution in [0.3, 0.4) is 0 Å². The van der Waals surface area contributed by atoms with Crippen LogP contribution >= 0.6 is 0 Å². The first-order valence-corrected chi connectivity index (χ1v) is 19.0. The van der Waals surface area contributed by atoms with Crippen molar-refractivity contribution in [3.05, 3.63) is 167 Å². The summed E-state index contributed by atoms with van der Waals surface area (Å²) in [4.78, 5) is 10.00. The molecular weight excluding hydrogens is 637 g/mol. The van der Waals surface area contributed by atoms with E-state index in [-0.39, 0.29) is 12.2 Å². The number of aryl methyl sites for hydroxylation is 2. The number of para-hydroxylation sites is 2. The van der Waals surface area contributed by atoms with Crippen LogP contribution in [0.4, 0.5) is 0 Å². The van der Waals surface area contributed by atoms with Gasteiger partial charge >= 0.3 is 0 Å². The van der Waals surface area contributed by atoms with E-state index in [1.165, 1.54) is 32.6 Å². The van der Waals surface area contributed by atoms with Gasteiger partial charge in [-0.2, -0.15) is 0 Å². The standard InChI is InChI=1S/C42H40N2O3Si2/c1-29-15-11-23-39(31(29)3)48-27-37(35-21-13-25-41(43-35)45-33-17-7-5-8-18-33)47-38(28-49-40-24-12-16-30(2)32(40)4)36-22-14-26-42(44-36)46-34-19-9-6-10-20-34/h5-26,37-38H,27-28H2,1-4H3. The number of ether oxygens (including phenoxy) is 3. The molecule has 6 rings (SSSR count). The molecule has 2 aromatic heterocycles. The summed E-state index contributed by atoms with van der Waals surface area (Å²) in [5, 5.41) is 2.69. The molecule has 0 fully saturated rings.